The van der Waals surface area contributed by atoms with Crippen LogP contribution in [-0.2, 0) is 16.6 Å². The highest BCUT2D eigenvalue weighted by molar-refractivity contribution is 6.04. The van der Waals surface area contributed by atoms with Gasteiger partial charge in [0, 0.05) is 42.7 Å². The molecule has 2 atom stereocenters. The number of aryl methyl sites for hydroxylation is 1. The van der Waals surface area contributed by atoms with Crippen LogP contribution in [0.1, 0.15) is 36.2 Å². The maximum absolute atomic E-state index is 12.7. The molecular weight excluding hydrogens is 388 g/mol. The Kier molecular flexibility index (Phi) is 6.51. The van der Waals surface area contributed by atoms with Gasteiger partial charge in [0.2, 0.25) is 0 Å². The molecule has 2 aliphatic rings. The molecule has 0 spiro atoms. The zero-order valence-corrected chi connectivity index (χ0v) is 17.0. The van der Waals surface area contributed by atoms with Crippen LogP contribution in [0.4, 0.5) is 0 Å². The smallest absolute Gasteiger partial charge is 0.328 e. The number of fused-ring (bicyclic) bond motifs is 3. The van der Waals surface area contributed by atoms with E-state index in [0.29, 0.717) is 29.9 Å². The predicted octanol–water partition coefficient (Wildman–Crippen LogP) is 1.64. The molecule has 0 aliphatic carbocycles. The van der Waals surface area contributed by atoms with Crippen molar-refractivity contribution in [2.24, 2.45) is 7.05 Å². The first-order valence-corrected chi connectivity index (χ1v) is 9.84. The van der Waals surface area contributed by atoms with Crippen molar-refractivity contribution in [3.8, 4) is 0 Å². The lowest BCUT2D eigenvalue weighted by Gasteiger charge is -2.36. The molecule has 0 radical (unpaired) electrons. The van der Waals surface area contributed by atoms with E-state index in [-0.39, 0.29) is 11.9 Å². The molecule has 160 valence electrons. The minimum absolute atomic E-state index is 0.0363. The largest absolute Gasteiger partial charge is 0.478 e. The van der Waals surface area contributed by atoms with E-state index in [4.69, 9.17) is 10.2 Å². The summed E-state index contributed by atoms with van der Waals surface area (Å²) in [6.45, 7) is 0. The van der Waals surface area contributed by atoms with Gasteiger partial charge in [-0.15, -0.1) is 0 Å². The van der Waals surface area contributed by atoms with E-state index in [9.17, 15) is 14.4 Å². The number of nitrogens with one attached hydrogen (secondary N) is 1. The van der Waals surface area contributed by atoms with Gasteiger partial charge in [-0.3, -0.25) is 9.48 Å². The van der Waals surface area contributed by atoms with Gasteiger partial charge in [0.15, 0.2) is 5.69 Å². The van der Waals surface area contributed by atoms with E-state index in [0.717, 1.165) is 23.7 Å². The highest BCUT2D eigenvalue weighted by atomic mass is 16.4. The third kappa shape index (κ3) is 4.85. The molecule has 3 heterocycles. The summed E-state index contributed by atoms with van der Waals surface area (Å²) in [5.41, 5.74) is 1.54. The molecule has 2 fully saturated rings. The number of hydrogen-bond donors (Lipinski definition) is 3. The van der Waals surface area contributed by atoms with Gasteiger partial charge in [-0.2, -0.15) is 5.10 Å². The monoisotopic (exact) mass is 414 g/mol. The van der Waals surface area contributed by atoms with E-state index in [1.807, 2.05) is 31.3 Å². The number of carboxylic acid groups (broad SMARTS) is 2. The second kappa shape index (κ2) is 9.08. The van der Waals surface area contributed by atoms with Gasteiger partial charge >= 0.3 is 11.9 Å². The number of carboxylic acids is 2. The number of aromatic nitrogens is 2. The van der Waals surface area contributed by atoms with Crippen molar-refractivity contribution in [1.29, 1.82) is 0 Å². The lowest BCUT2D eigenvalue weighted by molar-refractivity contribution is -0.134. The molecule has 2 bridgehead atoms. The number of benzene rings is 1. The minimum Gasteiger partial charge on any atom is -0.478 e. The quantitative estimate of drug-likeness (QED) is 0.650. The van der Waals surface area contributed by atoms with Crippen LogP contribution >= 0.6 is 0 Å². The third-order valence-corrected chi connectivity index (χ3v) is 5.77. The molecule has 1 aromatic heterocycles. The number of aliphatic carboxylic acids is 2. The van der Waals surface area contributed by atoms with Crippen LogP contribution in [0.15, 0.2) is 36.4 Å². The molecule has 2 unspecified atom stereocenters. The third-order valence-electron chi connectivity index (χ3n) is 5.77. The Bertz CT molecular complexity index is 953. The van der Waals surface area contributed by atoms with Gasteiger partial charge in [0.1, 0.15) is 0 Å². The minimum atomic E-state index is -1.26. The summed E-state index contributed by atoms with van der Waals surface area (Å²) in [6.07, 6.45) is 5.76. The maximum atomic E-state index is 12.7. The highest BCUT2D eigenvalue weighted by Gasteiger charge is 2.39. The number of piperidine rings is 1. The zero-order chi connectivity index (χ0) is 21.8. The van der Waals surface area contributed by atoms with Gasteiger partial charge in [-0.1, -0.05) is 18.2 Å². The number of nitrogens with zero attached hydrogens (tertiary/aromatic N) is 3. The topological polar surface area (TPSA) is 125 Å². The maximum Gasteiger partial charge on any atom is 0.328 e. The van der Waals surface area contributed by atoms with Crippen LogP contribution < -0.4 is 5.32 Å². The lowest BCUT2D eigenvalue weighted by Crippen LogP contribution is -2.48. The number of carbonyl (C=O) groups excluding carboxylic acids is 1. The molecule has 0 saturated carbocycles. The Morgan fingerprint density at radius 2 is 1.60 bits per heavy atom. The lowest BCUT2D eigenvalue weighted by atomic mass is 9.98. The van der Waals surface area contributed by atoms with Crippen LogP contribution in [0.25, 0.3) is 10.9 Å². The number of para-hydroxylation sites is 1. The van der Waals surface area contributed by atoms with E-state index < -0.39 is 11.9 Å². The first-order valence-electron chi connectivity index (χ1n) is 9.84. The fraction of sp³-hybridized carbons (Fsp3) is 0.429. The number of amides is 1. The predicted molar refractivity (Wildman–Crippen MR) is 110 cm³/mol. The van der Waals surface area contributed by atoms with Crippen molar-refractivity contribution >= 4 is 28.7 Å². The fourth-order valence-corrected chi connectivity index (χ4v) is 4.31. The van der Waals surface area contributed by atoms with Gasteiger partial charge in [-0.25, -0.2) is 9.59 Å². The Hall–Kier alpha value is -3.20. The average Bonchev–Trinajstić information content (AvgIpc) is 3.12. The van der Waals surface area contributed by atoms with Crippen molar-refractivity contribution in [3.63, 3.8) is 0 Å². The second-order valence-electron chi connectivity index (χ2n) is 7.69. The van der Waals surface area contributed by atoms with E-state index in [1.54, 1.807) is 4.68 Å². The molecule has 4 rings (SSSR count). The molecule has 2 aromatic rings. The summed E-state index contributed by atoms with van der Waals surface area (Å²) >= 11 is 0. The van der Waals surface area contributed by atoms with E-state index in [2.05, 4.69) is 22.4 Å². The van der Waals surface area contributed by atoms with Crippen LogP contribution in [-0.4, -0.2) is 67.9 Å². The number of rotatable bonds is 4. The van der Waals surface area contributed by atoms with Crippen molar-refractivity contribution in [2.75, 3.05) is 7.05 Å². The van der Waals surface area contributed by atoms with Crippen LogP contribution in [0.2, 0.25) is 0 Å². The molecular formula is C21H26N4O5. The summed E-state index contributed by atoms with van der Waals surface area (Å²) in [5.74, 6) is -2.55. The van der Waals surface area contributed by atoms with Gasteiger partial charge in [0.25, 0.3) is 5.91 Å². The second-order valence-corrected chi connectivity index (χ2v) is 7.69. The average molecular weight is 414 g/mol. The molecule has 2 saturated heterocycles. The first kappa shape index (κ1) is 21.5. The zero-order valence-electron chi connectivity index (χ0n) is 17.0. The normalized spacial score (nSPS) is 23.2. The van der Waals surface area contributed by atoms with Crippen molar-refractivity contribution in [1.82, 2.24) is 20.0 Å². The summed E-state index contributed by atoms with van der Waals surface area (Å²) in [6, 6.07) is 9.43. The molecule has 9 nitrogen and oxygen atoms in total. The number of carbonyl (C=O) groups is 3. The molecule has 1 amide bonds. The molecule has 30 heavy (non-hydrogen) atoms. The summed E-state index contributed by atoms with van der Waals surface area (Å²) in [4.78, 5) is 34.2. The van der Waals surface area contributed by atoms with Crippen molar-refractivity contribution in [2.45, 2.75) is 43.8 Å². The molecule has 9 heteroatoms. The molecule has 2 aliphatic heterocycles. The van der Waals surface area contributed by atoms with Crippen molar-refractivity contribution in [3.05, 3.63) is 42.1 Å². The molecule has 1 aromatic carbocycles. The Balaban J connectivity index is 0.000000275. The first-order chi connectivity index (χ1) is 14.3. The van der Waals surface area contributed by atoms with E-state index in [1.165, 1.54) is 12.8 Å². The van der Waals surface area contributed by atoms with Gasteiger partial charge in [-0.05, 0) is 38.8 Å². The Morgan fingerprint density at radius 1 is 1.03 bits per heavy atom. The summed E-state index contributed by atoms with van der Waals surface area (Å²) in [5, 5.41) is 24.2. The standard InChI is InChI=1S/C17H22N4O.C4H4O4/c1-20-12-7-8-13(20)10-11(9-12)18-17(22)16-14-5-3-4-6-15(14)21(2)19-16;5-3(6)1-2-4(7)8/h3-6,11-13H,7-10H2,1-2H3,(H,18,22);1-2H,(H,5,6)(H,7,8)/b;2-1-. The van der Waals surface area contributed by atoms with E-state index >= 15 is 0 Å². The van der Waals surface area contributed by atoms with Crippen molar-refractivity contribution < 1.29 is 24.6 Å². The van der Waals surface area contributed by atoms with Crippen LogP contribution in [0, 0.1) is 0 Å². The Morgan fingerprint density at radius 3 is 2.17 bits per heavy atom. The Labute approximate surface area is 174 Å². The summed E-state index contributed by atoms with van der Waals surface area (Å²) < 4.78 is 1.78. The van der Waals surface area contributed by atoms with Crippen LogP contribution in [0.5, 0.6) is 0 Å². The highest BCUT2D eigenvalue weighted by Crippen LogP contribution is 2.34. The number of hydrogen-bond acceptors (Lipinski definition) is 5. The SMILES string of the molecule is CN1C2CCC1CC(NC(=O)c1nn(C)c3ccccc13)C2.O=C(O)/C=C\C(=O)O. The van der Waals surface area contributed by atoms with Gasteiger partial charge in [0.05, 0.1) is 5.52 Å². The van der Waals surface area contributed by atoms with Crippen LogP contribution in [0.3, 0.4) is 0 Å². The summed E-state index contributed by atoms with van der Waals surface area (Å²) in [7, 11) is 4.10. The molecule has 3 N–H and O–H groups in total. The fourth-order valence-electron chi connectivity index (χ4n) is 4.31. The van der Waals surface area contributed by atoms with Gasteiger partial charge < -0.3 is 20.4 Å².